The minimum atomic E-state index is 0.655. The van der Waals surface area contributed by atoms with Crippen LogP contribution in [0.5, 0.6) is 0 Å². The molecule has 0 fully saturated rings. The standard InChI is InChI=1S/C15H15ClN2S/c1-10-5-7-11(8-6-10)19-9-14-17-13-4-2-3-12(13)15(16)18-14/h5-8H,2-4,9H2,1H3. The van der Waals surface area contributed by atoms with Crippen molar-refractivity contribution < 1.29 is 0 Å². The van der Waals surface area contributed by atoms with E-state index in [9.17, 15) is 0 Å². The van der Waals surface area contributed by atoms with E-state index in [1.165, 1.54) is 10.5 Å². The van der Waals surface area contributed by atoms with Crippen LogP contribution < -0.4 is 0 Å². The van der Waals surface area contributed by atoms with E-state index in [-0.39, 0.29) is 0 Å². The number of benzene rings is 1. The molecule has 0 saturated heterocycles. The molecule has 1 aliphatic carbocycles. The van der Waals surface area contributed by atoms with Crippen LogP contribution in [0.2, 0.25) is 5.15 Å². The van der Waals surface area contributed by atoms with Gasteiger partial charge in [-0.1, -0.05) is 29.3 Å². The van der Waals surface area contributed by atoms with Gasteiger partial charge in [0.25, 0.3) is 0 Å². The molecular weight excluding hydrogens is 276 g/mol. The third-order valence-corrected chi connectivity index (χ3v) is 4.64. The Hall–Kier alpha value is -1.06. The monoisotopic (exact) mass is 290 g/mol. The summed E-state index contributed by atoms with van der Waals surface area (Å²) in [5.74, 6) is 1.62. The fourth-order valence-corrected chi connectivity index (χ4v) is 3.34. The van der Waals surface area contributed by atoms with Crippen LogP contribution in [0.3, 0.4) is 0 Å². The average Bonchev–Trinajstić information content (AvgIpc) is 2.87. The van der Waals surface area contributed by atoms with Gasteiger partial charge in [-0.25, -0.2) is 9.97 Å². The Kier molecular flexibility index (Phi) is 3.76. The lowest BCUT2D eigenvalue weighted by Crippen LogP contribution is -1.99. The van der Waals surface area contributed by atoms with Crippen LogP contribution >= 0.6 is 23.4 Å². The summed E-state index contributed by atoms with van der Waals surface area (Å²) in [6.07, 6.45) is 3.22. The van der Waals surface area contributed by atoms with Gasteiger partial charge in [0.2, 0.25) is 0 Å². The number of rotatable bonds is 3. The van der Waals surface area contributed by atoms with E-state index in [4.69, 9.17) is 11.6 Å². The SMILES string of the molecule is Cc1ccc(SCc2nc(Cl)c3c(n2)CCC3)cc1. The molecule has 2 nitrogen and oxygen atoms in total. The first kappa shape index (κ1) is 12.9. The van der Waals surface area contributed by atoms with Gasteiger partial charge in [-0.15, -0.1) is 11.8 Å². The van der Waals surface area contributed by atoms with Crippen molar-refractivity contribution in [1.82, 2.24) is 9.97 Å². The maximum Gasteiger partial charge on any atom is 0.140 e. The number of fused-ring (bicyclic) bond motifs is 1. The van der Waals surface area contributed by atoms with Crippen molar-refractivity contribution in [3.05, 3.63) is 52.1 Å². The van der Waals surface area contributed by atoms with Crippen molar-refractivity contribution in [1.29, 1.82) is 0 Å². The first-order valence-electron chi connectivity index (χ1n) is 6.46. The highest BCUT2D eigenvalue weighted by atomic mass is 35.5. The Balaban J connectivity index is 1.73. The molecule has 0 N–H and O–H groups in total. The molecule has 19 heavy (non-hydrogen) atoms. The summed E-state index contributed by atoms with van der Waals surface area (Å²) < 4.78 is 0. The second-order valence-corrected chi connectivity index (χ2v) is 6.22. The molecular formula is C15H15ClN2S. The predicted octanol–water partition coefficient (Wildman–Crippen LogP) is 4.22. The molecule has 0 atom stereocenters. The van der Waals surface area contributed by atoms with Gasteiger partial charge in [-0.2, -0.15) is 0 Å². The number of hydrogen-bond donors (Lipinski definition) is 0. The highest BCUT2D eigenvalue weighted by molar-refractivity contribution is 7.98. The fraction of sp³-hybridized carbons (Fsp3) is 0.333. The molecule has 2 aromatic rings. The topological polar surface area (TPSA) is 25.8 Å². The second kappa shape index (κ2) is 5.51. The molecule has 3 rings (SSSR count). The zero-order chi connectivity index (χ0) is 13.2. The Morgan fingerprint density at radius 2 is 1.95 bits per heavy atom. The molecule has 0 aliphatic heterocycles. The van der Waals surface area contributed by atoms with Crippen molar-refractivity contribution in [3.8, 4) is 0 Å². The molecule has 0 amide bonds. The summed E-state index contributed by atoms with van der Waals surface area (Å²) in [4.78, 5) is 10.3. The number of nitrogens with zero attached hydrogens (tertiary/aromatic N) is 2. The molecule has 0 unspecified atom stereocenters. The molecule has 0 spiro atoms. The van der Waals surface area contributed by atoms with Crippen molar-refractivity contribution in [2.24, 2.45) is 0 Å². The number of aryl methyl sites for hydroxylation is 2. The smallest absolute Gasteiger partial charge is 0.140 e. The van der Waals surface area contributed by atoms with Crippen LogP contribution in [-0.4, -0.2) is 9.97 Å². The lowest BCUT2D eigenvalue weighted by atomic mass is 10.2. The molecule has 1 aromatic carbocycles. The third-order valence-electron chi connectivity index (χ3n) is 3.32. The lowest BCUT2D eigenvalue weighted by Gasteiger charge is -2.05. The number of thioether (sulfide) groups is 1. The van der Waals surface area contributed by atoms with Gasteiger partial charge in [0.1, 0.15) is 11.0 Å². The summed E-state index contributed by atoms with van der Waals surface area (Å²) in [5, 5.41) is 0.655. The minimum Gasteiger partial charge on any atom is -0.237 e. The molecule has 0 radical (unpaired) electrons. The zero-order valence-electron chi connectivity index (χ0n) is 10.8. The largest absolute Gasteiger partial charge is 0.237 e. The summed E-state index contributed by atoms with van der Waals surface area (Å²) in [7, 11) is 0. The van der Waals surface area contributed by atoms with Gasteiger partial charge in [-0.3, -0.25) is 0 Å². The average molecular weight is 291 g/mol. The van der Waals surface area contributed by atoms with Gasteiger partial charge in [0, 0.05) is 16.2 Å². The molecule has 1 aromatic heterocycles. The highest BCUT2D eigenvalue weighted by Gasteiger charge is 2.18. The van der Waals surface area contributed by atoms with Crippen LogP contribution in [0.15, 0.2) is 29.2 Å². The molecule has 1 aliphatic rings. The second-order valence-electron chi connectivity index (χ2n) is 4.81. The third kappa shape index (κ3) is 2.93. The first-order valence-corrected chi connectivity index (χ1v) is 7.82. The molecule has 98 valence electrons. The van der Waals surface area contributed by atoms with Crippen molar-refractivity contribution >= 4 is 23.4 Å². The quantitative estimate of drug-likeness (QED) is 0.625. The van der Waals surface area contributed by atoms with Crippen LogP contribution in [-0.2, 0) is 18.6 Å². The van der Waals surface area contributed by atoms with Crippen LogP contribution in [0.25, 0.3) is 0 Å². The zero-order valence-corrected chi connectivity index (χ0v) is 12.4. The van der Waals surface area contributed by atoms with Gasteiger partial charge in [-0.05, 0) is 38.3 Å². The maximum absolute atomic E-state index is 6.22. The molecule has 4 heteroatoms. The molecule has 1 heterocycles. The van der Waals surface area contributed by atoms with Crippen LogP contribution in [0.4, 0.5) is 0 Å². The number of hydrogen-bond acceptors (Lipinski definition) is 3. The predicted molar refractivity (Wildman–Crippen MR) is 79.8 cm³/mol. The minimum absolute atomic E-state index is 0.655. The van der Waals surface area contributed by atoms with E-state index >= 15 is 0 Å². The Morgan fingerprint density at radius 3 is 2.74 bits per heavy atom. The summed E-state index contributed by atoms with van der Waals surface area (Å²) in [5.41, 5.74) is 3.59. The van der Waals surface area contributed by atoms with Crippen LogP contribution in [0, 0.1) is 6.92 Å². The molecule has 0 bridgehead atoms. The Labute approximate surface area is 122 Å². The van der Waals surface area contributed by atoms with Crippen LogP contribution in [0.1, 0.15) is 29.1 Å². The van der Waals surface area contributed by atoms with Gasteiger partial charge >= 0.3 is 0 Å². The summed E-state index contributed by atoms with van der Waals surface area (Å²) in [6, 6.07) is 8.52. The van der Waals surface area contributed by atoms with Crippen molar-refractivity contribution in [2.75, 3.05) is 0 Å². The highest BCUT2D eigenvalue weighted by Crippen LogP contribution is 2.28. The van der Waals surface area contributed by atoms with Crippen molar-refractivity contribution in [2.45, 2.75) is 36.8 Å². The Bertz CT molecular complexity index is 596. The van der Waals surface area contributed by atoms with E-state index < -0.39 is 0 Å². The lowest BCUT2D eigenvalue weighted by molar-refractivity contribution is 0.893. The number of halogens is 1. The number of aromatic nitrogens is 2. The van der Waals surface area contributed by atoms with E-state index in [0.717, 1.165) is 42.1 Å². The normalized spacial score (nSPS) is 13.6. The van der Waals surface area contributed by atoms with E-state index in [0.29, 0.717) is 5.15 Å². The maximum atomic E-state index is 6.22. The van der Waals surface area contributed by atoms with Gasteiger partial charge in [0.05, 0.1) is 5.75 Å². The summed E-state index contributed by atoms with van der Waals surface area (Å²) >= 11 is 7.97. The van der Waals surface area contributed by atoms with Crippen molar-refractivity contribution in [3.63, 3.8) is 0 Å². The first-order chi connectivity index (χ1) is 9.22. The van der Waals surface area contributed by atoms with E-state index in [1.54, 1.807) is 11.8 Å². The van der Waals surface area contributed by atoms with Gasteiger partial charge < -0.3 is 0 Å². The molecule has 0 saturated carbocycles. The Morgan fingerprint density at radius 1 is 1.16 bits per heavy atom. The van der Waals surface area contributed by atoms with E-state index in [2.05, 4.69) is 41.2 Å². The fourth-order valence-electron chi connectivity index (χ4n) is 2.28. The van der Waals surface area contributed by atoms with E-state index in [1.807, 2.05) is 0 Å². The summed E-state index contributed by atoms with van der Waals surface area (Å²) in [6.45, 7) is 2.10. The van der Waals surface area contributed by atoms with Gasteiger partial charge in [0.15, 0.2) is 0 Å².